The molecule has 4 N–H and O–H groups in total. The van der Waals surface area contributed by atoms with Crippen LogP contribution < -0.4 is 11.1 Å². The Balaban J connectivity index is 2.83. The first-order valence-electron chi connectivity index (χ1n) is 4.05. The first-order valence-corrected chi connectivity index (χ1v) is 4.84. The first-order chi connectivity index (χ1) is 7.00. The van der Waals surface area contributed by atoms with E-state index in [0.717, 1.165) is 4.47 Å². The van der Waals surface area contributed by atoms with Gasteiger partial charge in [-0.3, -0.25) is 4.79 Å². The molecule has 80 valence electrons. The molecule has 0 aliphatic rings. The minimum Gasteiger partial charge on any atom is -0.479 e. The number of nitrogens with two attached hydrogens (primary N) is 1. The van der Waals surface area contributed by atoms with Crippen molar-refractivity contribution < 1.29 is 14.7 Å². The molecule has 0 aromatic heterocycles. The number of carbonyl (C=O) groups is 2. The summed E-state index contributed by atoms with van der Waals surface area (Å²) in [6.45, 7) is 0. The quantitative estimate of drug-likeness (QED) is 0.707. The van der Waals surface area contributed by atoms with Crippen LogP contribution in [-0.2, 0) is 9.59 Å². The lowest BCUT2D eigenvalue weighted by Gasteiger charge is -2.12. The average molecular weight is 273 g/mol. The highest BCUT2D eigenvalue weighted by Gasteiger charge is 2.23. The molecule has 0 aliphatic heterocycles. The topological polar surface area (TPSA) is 92.4 Å². The minimum absolute atomic E-state index is 0.510. The van der Waals surface area contributed by atoms with Crippen LogP contribution in [0.1, 0.15) is 0 Å². The summed E-state index contributed by atoms with van der Waals surface area (Å²) in [6.07, 6.45) is 0. The lowest BCUT2D eigenvalue weighted by atomic mass is 10.2. The maximum Gasteiger partial charge on any atom is 0.336 e. The lowest BCUT2D eigenvalue weighted by molar-refractivity contribution is -0.141. The Morgan fingerprint density at radius 2 is 2.13 bits per heavy atom. The van der Waals surface area contributed by atoms with Crippen molar-refractivity contribution >= 4 is 33.5 Å². The summed E-state index contributed by atoms with van der Waals surface area (Å²) < 4.78 is 0.779. The van der Waals surface area contributed by atoms with E-state index in [1.54, 1.807) is 24.3 Å². The van der Waals surface area contributed by atoms with Gasteiger partial charge < -0.3 is 16.2 Å². The molecule has 0 radical (unpaired) electrons. The van der Waals surface area contributed by atoms with E-state index in [1.807, 2.05) is 0 Å². The second-order valence-corrected chi connectivity index (χ2v) is 3.74. The van der Waals surface area contributed by atoms with Crippen LogP contribution in [0.4, 0.5) is 5.69 Å². The fourth-order valence-electron chi connectivity index (χ4n) is 0.999. The van der Waals surface area contributed by atoms with E-state index in [4.69, 9.17) is 10.8 Å². The Hall–Kier alpha value is -1.56. The number of nitrogens with one attached hydrogen (secondary N) is 1. The molecule has 0 saturated carbocycles. The van der Waals surface area contributed by atoms with Gasteiger partial charge in [0.1, 0.15) is 0 Å². The van der Waals surface area contributed by atoms with Crippen molar-refractivity contribution in [2.24, 2.45) is 5.73 Å². The number of amides is 1. The van der Waals surface area contributed by atoms with E-state index in [2.05, 4.69) is 21.2 Å². The molecular weight excluding hydrogens is 264 g/mol. The zero-order chi connectivity index (χ0) is 11.4. The van der Waals surface area contributed by atoms with Crippen molar-refractivity contribution in [2.45, 2.75) is 6.04 Å². The molecule has 1 aromatic carbocycles. The highest BCUT2D eigenvalue weighted by Crippen LogP contribution is 2.16. The summed E-state index contributed by atoms with van der Waals surface area (Å²) in [5.74, 6) is -2.23. The third kappa shape index (κ3) is 3.25. The second kappa shape index (κ2) is 4.79. The van der Waals surface area contributed by atoms with Gasteiger partial charge in [0, 0.05) is 10.2 Å². The molecule has 15 heavy (non-hydrogen) atoms. The Morgan fingerprint density at radius 3 is 2.60 bits per heavy atom. The smallest absolute Gasteiger partial charge is 0.336 e. The van der Waals surface area contributed by atoms with E-state index >= 15 is 0 Å². The number of carbonyl (C=O) groups excluding carboxylic acids is 1. The number of halogens is 1. The third-order valence-corrected chi connectivity index (χ3v) is 2.16. The maximum atomic E-state index is 10.8. The number of carboxylic acids is 1. The van der Waals surface area contributed by atoms with Crippen molar-refractivity contribution in [3.63, 3.8) is 0 Å². The number of hydrogen-bond acceptors (Lipinski definition) is 3. The minimum atomic E-state index is -1.42. The lowest BCUT2D eigenvalue weighted by Crippen LogP contribution is -2.41. The fourth-order valence-corrected chi connectivity index (χ4v) is 1.40. The molecule has 0 heterocycles. The van der Waals surface area contributed by atoms with Crippen LogP contribution in [0.15, 0.2) is 28.7 Å². The monoisotopic (exact) mass is 272 g/mol. The van der Waals surface area contributed by atoms with E-state index < -0.39 is 17.9 Å². The van der Waals surface area contributed by atoms with Crippen LogP contribution in [0, 0.1) is 0 Å². The molecule has 5 nitrogen and oxygen atoms in total. The first kappa shape index (κ1) is 11.5. The van der Waals surface area contributed by atoms with E-state index in [0.29, 0.717) is 5.69 Å². The maximum absolute atomic E-state index is 10.8. The van der Waals surface area contributed by atoms with E-state index in [9.17, 15) is 9.59 Å². The molecule has 1 rings (SSSR count). The fraction of sp³-hybridized carbons (Fsp3) is 0.111. The van der Waals surface area contributed by atoms with Crippen LogP contribution >= 0.6 is 15.9 Å². The van der Waals surface area contributed by atoms with Crippen molar-refractivity contribution in [1.82, 2.24) is 0 Å². The molecule has 0 bridgehead atoms. The van der Waals surface area contributed by atoms with Crippen LogP contribution in [0.2, 0.25) is 0 Å². The van der Waals surface area contributed by atoms with Gasteiger partial charge >= 0.3 is 5.97 Å². The normalized spacial score (nSPS) is 11.8. The molecule has 0 fully saturated rings. The van der Waals surface area contributed by atoms with E-state index in [-0.39, 0.29) is 0 Å². The summed E-state index contributed by atoms with van der Waals surface area (Å²) in [5.41, 5.74) is 5.44. The summed E-state index contributed by atoms with van der Waals surface area (Å²) in [6, 6.07) is 5.37. The number of rotatable bonds is 4. The Morgan fingerprint density at radius 1 is 1.47 bits per heavy atom. The molecule has 0 saturated heterocycles. The van der Waals surface area contributed by atoms with Gasteiger partial charge in [0.15, 0.2) is 0 Å². The van der Waals surface area contributed by atoms with Gasteiger partial charge in [-0.2, -0.15) is 0 Å². The predicted octanol–water partition coefficient (Wildman–Crippen LogP) is 0.799. The number of benzene rings is 1. The SMILES string of the molecule is NC(=O)C(Nc1cccc(Br)c1)C(=O)O. The number of primary amides is 1. The second-order valence-electron chi connectivity index (χ2n) is 2.83. The number of anilines is 1. The Labute approximate surface area is 94.4 Å². The van der Waals surface area contributed by atoms with Crippen molar-refractivity contribution in [1.29, 1.82) is 0 Å². The Bertz CT molecular complexity index is 381. The summed E-state index contributed by atoms with van der Waals surface area (Å²) >= 11 is 3.22. The summed E-state index contributed by atoms with van der Waals surface area (Å²) in [7, 11) is 0. The van der Waals surface area contributed by atoms with Gasteiger partial charge in [-0.05, 0) is 18.2 Å². The molecule has 0 aliphatic carbocycles. The molecule has 6 heteroatoms. The van der Waals surface area contributed by atoms with Gasteiger partial charge in [0.2, 0.25) is 6.04 Å². The van der Waals surface area contributed by atoms with Crippen molar-refractivity contribution in [3.05, 3.63) is 28.7 Å². The van der Waals surface area contributed by atoms with Gasteiger partial charge in [0.25, 0.3) is 5.91 Å². The van der Waals surface area contributed by atoms with Crippen LogP contribution in [-0.4, -0.2) is 23.0 Å². The highest BCUT2D eigenvalue weighted by molar-refractivity contribution is 9.10. The number of hydrogen-bond donors (Lipinski definition) is 3. The third-order valence-electron chi connectivity index (χ3n) is 1.67. The molecule has 1 atom stereocenters. The predicted molar refractivity (Wildman–Crippen MR) is 58.4 cm³/mol. The zero-order valence-electron chi connectivity index (χ0n) is 7.61. The highest BCUT2D eigenvalue weighted by atomic mass is 79.9. The van der Waals surface area contributed by atoms with Gasteiger partial charge in [-0.15, -0.1) is 0 Å². The summed E-state index contributed by atoms with van der Waals surface area (Å²) in [5, 5.41) is 11.2. The Kier molecular flexibility index (Phi) is 3.68. The van der Waals surface area contributed by atoms with Gasteiger partial charge in [0.05, 0.1) is 0 Å². The largest absolute Gasteiger partial charge is 0.479 e. The molecule has 1 aromatic rings. The zero-order valence-corrected chi connectivity index (χ0v) is 9.19. The molecule has 1 unspecified atom stereocenters. The summed E-state index contributed by atoms with van der Waals surface area (Å²) in [4.78, 5) is 21.5. The van der Waals surface area contributed by atoms with Crippen molar-refractivity contribution in [2.75, 3.05) is 5.32 Å². The van der Waals surface area contributed by atoms with Crippen molar-refractivity contribution in [3.8, 4) is 0 Å². The van der Waals surface area contributed by atoms with E-state index in [1.165, 1.54) is 0 Å². The van der Waals surface area contributed by atoms with Crippen LogP contribution in [0.25, 0.3) is 0 Å². The molecule has 0 spiro atoms. The standard InChI is InChI=1S/C9H9BrN2O3/c10-5-2-1-3-6(4-5)12-7(8(11)13)9(14)15/h1-4,7,12H,(H2,11,13)(H,14,15). The van der Waals surface area contributed by atoms with Gasteiger partial charge in [-0.1, -0.05) is 22.0 Å². The van der Waals surface area contributed by atoms with Crippen LogP contribution in [0.3, 0.4) is 0 Å². The number of carboxylic acid groups (broad SMARTS) is 1. The molecule has 1 amide bonds. The average Bonchev–Trinajstić information content (AvgIpc) is 2.13. The molecular formula is C9H9BrN2O3. The van der Waals surface area contributed by atoms with Gasteiger partial charge in [-0.25, -0.2) is 4.79 Å². The number of aliphatic carboxylic acids is 1. The van der Waals surface area contributed by atoms with Crippen LogP contribution in [0.5, 0.6) is 0 Å².